The number of amides is 1. The van der Waals surface area contributed by atoms with Crippen LogP contribution in [0.1, 0.15) is 22.8 Å². The van der Waals surface area contributed by atoms with Crippen molar-refractivity contribution in [1.29, 1.82) is 0 Å². The lowest BCUT2D eigenvalue weighted by Crippen LogP contribution is -2.30. The van der Waals surface area contributed by atoms with Gasteiger partial charge in [-0.15, -0.1) is 0 Å². The lowest BCUT2D eigenvalue weighted by atomic mass is 10.1. The zero-order valence-electron chi connectivity index (χ0n) is 15.6. The molecule has 8 heteroatoms. The molecule has 1 amide bonds. The summed E-state index contributed by atoms with van der Waals surface area (Å²) < 4.78 is 30.6. The predicted octanol–water partition coefficient (Wildman–Crippen LogP) is 2.43. The van der Waals surface area contributed by atoms with Crippen molar-refractivity contribution in [3.05, 3.63) is 59.7 Å². The summed E-state index contributed by atoms with van der Waals surface area (Å²) in [6, 6.07) is 12.7. The molecule has 0 saturated carbocycles. The van der Waals surface area contributed by atoms with E-state index >= 15 is 0 Å². The first kappa shape index (κ1) is 20.6. The van der Waals surface area contributed by atoms with Crippen LogP contribution in [0.15, 0.2) is 53.4 Å². The number of hydrogen-bond acceptors (Lipinski definition) is 5. The highest BCUT2D eigenvalue weighted by Gasteiger charge is 2.21. The van der Waals surface area contributed by atoms with Crippen molar-refractivity contribution in [2.24, 2.45) is 0 Å². The normalized spacial score (nSPS) is 12.5. The Kier molecular flexibility index (Phi) is 6.35. The molecule has 0 aliphatic heterocycles. The third-order valence-electron chi connectivity index (χ3n) is 3.82. The van der Waals surface area contributed by atoms with E-state index in [9.17, 15) is 18.0 Å². The molecular weight excluding hydrogens is 368 g/mol. The first-order chi connectivity index (χ1) is 12.6. The summed E-state index contributed by atoms with van der Waals surface area (Å²) in [5.74, 6) is -1.17. The predicted molar refractivity (Wildman–Crippen MR) is 102 cm³/mol. The van der Waals surface area contributed by atoms with Crippen LogP contribution in [0.4, 0.5) is 5.69 Å². The van der Waals surface area contributed by atoms with Gasteiger partial charge in [0.2, 0.25) is 10.0 Å². The summed E-state index contributed by atoms with van der Waals surface area (Å²) in [5, 5.41) is 2.56. The van der Waals surface area contributed by atoms with Gasteiger partial charge in [-0.3, -0.25) is 4.79 Å². The molecule has 0 fully saturated rings. The number of sulfonamides is 1. The molecule has 0 aromatic heterocycles. The summed E-state index contributed by atoms with van der Waals surface area (Å²) in [7, 11) is -0.770. The van der Waals surface area contributed by atoms with Crippen molar-refractivity contribution in [1.82, 2.24) is 4.31 Å². The van der Waals surface area contributed by atoms with Gasteiger partial charge < -0.3 is 10.1 Å². The Bertz CT molecular complexity index is 937. The molecule has 0 radical (unpaired) electrons. The Morgan fingerprint density at radius 3 is 2.30 bits per heavy atom. The zero-order valence-corrected chi connectivity index (χ0v) is 16.4. The molecule has 0 bridgehead atoms. The van der Waals surface area contributed by atoms with Gasteiger partial charge in [-0.2, -0.15) is 0 Å². The van der Waals surface area contributed by atoms with Gasteiger partial charge >= 0.3 is 5.97 Å². The molecular formula is C19H22N2O5S. The molecule has 0 aliphatic carbocycles. The third kappa shape index (κ3) is 5.15. The summed E-state index contributed by atoms with van der Waals surface area (Å²) in [6.45, 7) is 3.34. The van der Waals surface area contributed by atoms with Crippen molar-refractivity contribution in [3.63, 3.8) is 0 Å². The fraction of sp³-hybridized carbons (Fsp3) is 0.263. The van der Waals surface area contributed by atoms with Crippen molar-refractivity contribution >= 4 is 27.6 Å². The van der Waals surface area contributed by atoms with Crippen LogP contribution < -0.4 is 5.32 Å². The van der Waals surface area contributed by atoms with Crippen LogP contribution >= 0.6 is 0 Å². The molecule has 7 nitrogen and oxygen atoms in total. The Labute approximate surface area is 159 Å². The minimum Gasteiger partial charge on any atom is -0.449 e. The van der Waals surface area contributed by atoms with Crippen LogP contribution in [0.25, 0.3) is 0 Å². The number of nitrogens with one attached hydrogen (secondary N) is 1. The number of esters is 1. The van der Waals surface area contributed by atoms with Gasteiger partial charge in [0.25, 0.3) is 5.91 Å². The van der Waals surface area contributed by atoms with Crippen molar-refractivity contribution in [2.75, 3.05) is 19.4 Å². The Morgan fingerprint density at radius 1 is 1.07 bits per heavy atom. The number of carbonyl (C=O) groups is 2. The number of anilines is 1. The SMILES string of the molecule is Cc1ccc(C(=O)O[C@@H](C)C(=O)Nc2cccc(S(=O)(=O)N(C)C)c2)cc1. The molecule has 1 N–H and O–H groups in total. The molecule has 0 spiro atoms. The lowest BCUT2D eigenvalue weighted by Gasteiger charge is -2.15. The van der Waals surface area contributed by atoms with E-state index in [4.69, 9.17) is 4.74 Å². The van der Waals surface area contributed by atoms with Crippen molar-refractivity contribution in [3.8, 4) is 0 Å². The third-order valence-corrected chi connectivity index (χ3v) is 5.63. The molecule has 2 aromatic rings. The smallest absolute Gasteiger partial charge is 0.338 e. The van der Waals surface area contributed by atoms with E-state index in [2.05, 4.69) is 5.32 Å². The van der Waals surface area contributed by atoms with Crippen LogP contribution in [-0.4, -0.2) is 44.8 Å². The Hall–Kier alpha value is -2.71. The van der Waals surface area contributed by atoms with Crippen LogP contribution in [0.5, 0.6) is 0 Å². The van der Waals surface area contributed by atoms with Gasteiger partial charge in [0.05, 0.1) is 10.5 Å². The van der Waals surface area contributed by atoms with Gasteiger partial charge in [-0.05, 0) is 44.2 Å². The fourth-order valence-corrected chi connectivity index (χ4v) is 3.11. The number of aryl methyl sites for hydroxylation is 1. The average Bonchev–Trinajstić information content (AvgIpc) is 2.62. The van der Waals surface area contributed by atoms with Crippen LogP contribution in [0.2, 0.25) is 0 Å². The maximum absolute atomic E-state index is 12.3. The van der Waals surface area contributed by atoms with Crippen molar-refractivity contribution in [2.45, 2.75) is 24.8 Å². The molecule has 27 heavy (non-hydrogen) atoms. The number of ether oxygens (including phenoxy) is 1. The lowest BCUT2D eigenvalue weighted by molar-refractivity contribution is -0.123. The Morgan fingerprint density at radius 2 is 1.70 bits per heavy atom. The van der Waals surface area contributed by atoms with Gasteiger partial charge in [0.15, 0.2) is 6.10 Å². The van der Waals surface area contributed by atoms with Crippen LogP contribution in [0.3, 0.4) is 0 Å². The summed E-state index contributed by atoms with van der Waals surface area (Å²) in [6.07, 6.45) is -1.05. The van der Waals surface area contributed by atoms with E-state index in [1.807, 2.05) is 6.92 Å². The highest BCUT2D eigenvalue weighted by atomic mass is 32.2. The van der Waals surface area contributed by atoms with Gasteiger partial charge in [0.1, 0.15) is 0 Å². The van der Waals surface area contributed by atoms with Gasteiger partial charge in [-0.25, -0.2) is 17.5 Å². The van der Waals surface area contributed by atoms with Gasteiger partial charge in [0, 0.05) is 19.8 Å². The standard InChI is InChI=1S/C19H22N2O5S/c1-13-8-10-15(11-9-13)19(23)26-14(2)18(22)20-16-6-5-7-17(12-16)27(24,25)21(3)4/h5-12,14H,1-4H3,(H,20,22)/t14-/m0/s1. The van der Waals surface area contributed by atoms with E-state index in [-0.39, 0.29) is 4.90 Å². The average molecular weight is 390 g/mol. The van der Waals surface area contributed by atoms with E-state index < -0.39 is 28.0 Å². The van der Waals surface area contributed by atoms with Gasteiger partial charge in [-0.1, -0.05) is 23.8 Å². The second-order valence-corrected chi connectivity index (χ2v) is 8.37. The minimum atomic E-state index is -3.62. The molecule has 2 aromatic carbocycles. The Balaban J connectivity index is 2.06. The quantitative estimate of drug-likeness (QED) is 0.765. The number of carbonyl (C=O) groups excluding carboxylic acids is 2. The summed E-state index contributed by atoms with van der Waals surface area (Å²) in [5.41, 5.74) is 1.64. The van der Waals surface area contributed by atoms with Crippen molar-refractivity contribution < 1.29 is 22.7 Å². The molecule has 0 aliphatic rings. The summed E-state index contributed by atoms with van der Waals surface area (Å²) >= 11 is 0. The van der Waals surface area contributed by atoms with Crippen LogP contribution in [-0.2, 0) is 19.6 Å². The molecule has 0 heterocycles. The van der Waals surface area contributed by atoms with E-state index in [1.165, 1.54) is 39.2 Å². The maximum atomic E-state index is 12.3. The maximum Gasteiger partial charge on any atom is 0.338 e. The molecule has 0 unspecified atom stereocenters. The molecule has 0 saturated heterocycles. The van der Waals surface area contributed by atoms with E-state index in [0.717, 1.165) is 9.87 Å². The largest absolute Gasteiger partial charge is 0.449 e. The molecule has 144 valence electrons. The second-order valence-electron chi connectivity index (χ2n) is 6.22. The first-order valence-electron chi connectivity index (χ1n) is 8.22. The number of nitrogens with zero attached hydrogens (tertiary/aromatic N) is 1. The number of hydrogen-bond donors (Lipinski definition) is 1. The monoisotopic (exact) mass is 390 g/mol. The topological polar surface area (TPSA) is 92.8 Å². The number of benzene rings is 2. The van der Waals surface area contributed by atoms with E-state index in [1.54, 1.807) is 30.3 Å². The van der Waals surface area contributed by atoms with Crippen LogP contribution in [0, 0.1) is 6.92 Å². The number of rotatable bonds is 6. The molecule has 2 rings (SSSR count). The zero-order chi connectivity index (χ0) is 20.2. The van der Waals surface area contributed by atoms with E-state index in [0.29, 0.717) is 11.3 Å². The highest BCUT2D eigenvalue weighted by molar-refractivity contribution is 7.89. The second kappa shape index (κ2) is 8.32. The minimum absolute atomic E-state index is 0.0506. The summed E-state index contributed by atoms with van der Waals surface area (Å²) in [4.78, 5) is 24.4. The fourth-order valence-electron chi connectivity index (χ4n) is 2.16. The molecule has 1 atom stereocenters. The highest BCUT2D eigenvalue weighted by Crippen LogP contribution is 2.18. The first-order valence-corrected chi connectivity index (χ1v) is 9.66.